The summed E-state index contributed by atoms with van der Waals surface area (Å²) in [5.41, 5.74) is 0.751. The Morgan fingerprint density at radius 1 is 1.47 bits per heavy atom. The van der Waals surface area contributed by atoms with Gasteiger partial charge in [-0.05, 0) is 43.9 Å². The number of nitrogens with one attached hydrogen (secondary N) is 1. The Morgan fingerprint density at radius 3 is 2.95 bits per heavy atom. The first kappa shape index (κ1) is 12.4. The van der Waals surface area contributed by atoms with Crippen LogP contribution in [-0.2, 0) is 0 Å². The van der Waals surface area contributed by atoms with E-state index in [2.05, 4.69) is 10.3 Å². The van der Waals surface area contributed by atoms with Crippen molar-refractivity contribution in [2.75, 3.05) is 11.9 Å². The van der Waals surface area contributed by atoms with Crippen molar-refractivity contribution < 1.29 is 4.92 Å². The number of hydrogen-bond donors (Lipinski definition) is 1. The molecule has 5 nitrogen and oxygen atoms in total. The van der Waals surface area contributed by atoms with Gasteiger partial charge >= 0.3 is 0 Å². The van der Waals surface area contributed by atoms with E-state index in [4.69, 9.17) is 0 Å². The average molecular weight is 261 g/mol. The third-order valence-corrected chi connectivity index (χ3v) is 4.70. The summed E-state index contributed by atoms with van der Waals surface area (Å²) in [6.07, 6.45) is 7.02. The van der Waals surface area contributed by atoms with Crippen molar-refractivity contribution in [3.63, 3.8) is 0 Å². The second-order valence-electron chi connectivity index (χ2n) is 5.93. The molecule has 1 aromatic rings. The van der Waals surface area contributed by atoms with Crippen LogP contribution in [0.25, 0.3) is 0 Å². The maximum atomic E-state index is 10.9. The van der Waals surface area contributed by atoms with E-state index in [0.717, 1.165) is 24.3 Å². The van der Waals surface area contributed by atoms with Crippen LogP contribution >= 0.6 is 0 Å². The standard InChI is InChI=1S/C14H19N3O2/c1-9-7-15-14(6-13(9)17(18)19)16-8-12-5-10-2-3-11(12)4-10/h6-7,10-12H,2-5,8H2,1H3,(H,15,16). The van der Waals surface area contributed by atoms with E-state index in [0.29, 0.717) is 11.4 Å². The van der Waals surface area contributed by atoms with Crippen LogP contribution in [0.3, 0.4) is 0 Å². The van der Waals surface area contributed by atoms with Crippen molar-refractivity contribution in [1.29, 1.82) is 0 Å². The molecule has 102 valence electrons. The average Bonchev–Trinajstić information content (AvgIpc) is 2.99. The summed E-state index contributed by atoms with van der Waals surface area (Å²) in [7, 11) is 0. The van der Waals surface area contributed by atoms with Gasteiger partial charge < -0.3 is 5.32 Å². The molecule has 0 radical (unpaired) electrons. The zero-order valence-electron chi connectivity index (χ0n) is 11.1. The molecule has 19 heavy (non-hydrogen) atoms. The normalized spacial score (nSPS) is 28.6. The van der Waals surface area contributed by atoms with E-state index in [9.17, 15) is 10.1 Å². The minimum atomic E-state index is -0.347. The Kier molecular flexibility index (Phi) is 3.12. The number of anilines is 1. The Hall–Kier alpha value is -1.65. The molecule has 2 fully saturated rings. The fourth-order valence-corrected chi connectivity index (χ4v) is 3.67. The number of fused-ring (bicyclic) bond motifs is 2. The Labute approximate surface area is 112 Å². The highest BCUT2D eigenvalue weighted by Crippen LogP contribution is 2.48. The number of hydrogen-bond acceptors (Lipinski definition) is 4. The lowest BCUT2D eigenvalue weighted by Crippen LogP contribution is -2.20. The van der Waals surface area contributed by atoms with Gasteiger partial charge in [0, 0.05) is 18.3 Å². The van der Waals surface area contributed by atoms with E-state index in [1.807, 2.05) is 0 Å². The fraction of sp³-hybridized carbons (Fsp3) is 0.643. The minimum absolute atomic E-state index is 0.144. The van der Waals surface area contributed by atoms with Crippen molar-refractivity contribution in [3.05, 3.63) is 27.9 Å². The maximum Gasteiger partial charge on any atom is 0.277 e. The predicted molar refractivity (Wildman–Crippen MR) is 73.1 cm³/mol. The number of aryl methyl sites for hydroxylation is 1. The van der Waals surface area contributed by atoms with Crippen LogP contribution in [0.4, 0.5) is 11.5 Å². The van der Waals surface area contributed by atoms with Gasteiger partial charge in [0.2, 0.25) is 0 Å². The smallest absolute Gasteiger partial charge is 0.277 e. The Balaban J connectivity index is 1.64. The molecule has 1 heterocycles. The monoisotopic (exact) mass is 261 g/mol. The topological polar surface area (TPSA) is 68.1 Å². The van der Waals surface area contributed by atoms with Crippen LogP contribution in [0.2, 0.25) is 0 Å². The highest BCUT2D eigenvalue weighted by Gasteiger charge is 2.39. The second-order valence-corrected chi connectivity index (χ2v) is 5.93. The fourth-order valence-electron chi connectivity index (χ4n) is 3.67. The van der Waals surface area contributed by atoms with Crippen molar-refractivity contribution in [2.24, 2.45) is 17.8 Å². The summed E-state index contributed by atoms with van der Waals surface area (Å²) >= 11 is 0. The van der Waals surface area contributed by atoms with Crippen LogP contribution in [-0.4, -0.2) is 16.5 Å². The zero-order chi connectivity index (χ0) is 13.4. The first-order valence-corrected chi connectivity index (χ1v) is 6.98. The molecule has 2 saturated carbocycles. The van der Waals surface area contributed by atoms with Gasteiger partial charge in [0.05, 0.1) is 11.0 Å². The van der Waals surface area contributed by atoms with Crippen molar-refractivity contribution in [1.82, 2.24) is 4.98 Å². The van der Waals surface area contributed by atoms with E-state index in [-0.39, 0.29) is 10.6 Å². The van der Waals surface area contributed by atoms with E-state index < -0.39 is 0 Å². The molecule has 1 aromatic heterocycles. The molecule has 0 amide bonds. The molecule has 3 rings (SSSR count). The van der Waals surface area contributed by atoms with Crippen LogP contribution in [0.1, 0.15) is 31.2 Å². The molecule has 3 atom stereocenters. The largest absolute Gasteiger partial charge is 0.370 e. The first-order chi connectivity index (χ1) is 9.13. The van der Waals surface area contributed by atoms with E-state index in [1.54, 1.807) is 19.2 Å². The zero-order valence-corrected chi connectivity index (χ0v) is 11.1. The summed E-state index contributed by atoms with van der Waals surface area (Å²) < 4.78 is 0. The second kappa shape index (κ2) is 4.79. The summed E-state index contributed by atoms with van der Waals surface area (Å²) in [6, 6.07) is 1.54. The number of aromatic nitrogens is 1. The molecule has 2 aliphatic rings. The molecule has 0 aliphatic heterocycles. The molecular weight excluding hydrogens is 242 g/mol. The highest BCUT2D eigenvalue weighted by molar-refractivity contribution is 5.48. The van der Waals surface area contributed by atoms with Crippen molar-refractivity contribution >= 4 is 11.5 Å². The van der Waals surface area contributed by atoms with Crippen molar-refractivity contribution in [3.8, 4) is 0 Å². The van der Waals surface area contributed by atoms with Crippen LogP contribution in [0.5, 0.6) is 0 Å². The van der Waals surface area contributed by atoms with Gasteiger partial charge in [-0.15, -0.1) is 0 Å². The summed E-state index contributed by atoms with van der Waals surface area (Å²) in [5, 5.41) is 14.2. The molecule has 5 heteroatoms. The lowest BCUT2D eigenvalue weighted by Gasteiger charge is -2.22. The third kappa shape index (κ3) is 2.41. The molecule has 0 saturated heterocycles. The SMILES string of the molecule is Cc1cnc(NCC2CC3CCC2C3)cc1[N+](=O)[O-]. The van der Waals surface area contributed by atoms with Gasteiger partial charge in [0.15, 0.2) is 0 Å². The Morgan fingerprint density at radius 2 is 2.32 bits per heavy atom. The molecular formula is C14H19N3O2. The summed E-state index contributed by atoms with van der Waals surface area (Å²) in [6.45, 7) is 2.61. The number of nitro groups is 1. The predicted octanol–water partition coefficient (Wildman–Crippen LogP) is 3.15. The number of nitrogens with zero attached hydrogens (tertiary/aromatic N) is 2. The van der Waals surface area contributed by atoms with Crippen LogP contribution in [0.15, 0.2) is 12.3 Å². The van der Waals surface area contributed by atoms with E-state index >= 15 is 0 Å². The van der Waals surface area contributed by atoms with Crippen LogP contribution < -0.4 is 5.32 Å². The maximum absolute atomic E-state index is 10.9. The number of rotatable bonds is 4. The van der Waals surface area contributed by atoms with Gasteiger partial charge in [0.25, 0.3) is 5.69 Å². The molecule has 2 aliphatic carbocycles. The summed E-state index contributed by atoms with van der Waals surface area (Å²) in [5.74, 6) is 3.14. The third-order valence-electron chi connectivity index (χ3n) is 4.70. The van der Waals surface area contributed by atoms with Gasteiger partial charge in [-0.1, -0.05) is 6.42 Å². The van der Waals surface area contributed by atoms with Gasteiger partial charge in [-0.25, -0.2) is 4.98 Å². The van der Waals surface area contributed by atoms with Crippen molar-refractivity contribution in [2.45, 2.75) is 32.6 Å². The molecule has 2 bridgehead atoms. The molecule has 3 unspecified atom stereocenters. The molecule has 1 N–H and O–H groups in total. The number of pyridine rings is 1. The van der Waals surface area contributed by atoms with Gasteiger partial charge in [-0.2, -0.15) is 0 Å². The Bertz CT molecular complexity index is 503. The van der Waals surface area contributed by atoms with E-state index in [1.165, 1.54) is 25.7 Å². The highest BCUT2D eigenvalue weighted by atomic mass is 16.6. The first-order valence-electron chi connectivity index (χ1n) is 6.98. The van der Waals surface area contributed by atoms with Crippen LogP contribution in [0, 0.1) is 34.8 Å². The summed E-state index contributed by atoms with van der Waals surface area (Å²) in [4.78, 5) is 14.8. The van der Waals surface area contributed by atoms with Gasteiger partial charge in [0.1, 0.15) is 5.82 Å². The molecule has 0 aromatic carbocycles. The minimum Gasteiger partial charge on any atom is -0.370 e. The molecule has 0 spiro atoms. The lowest BCUT2D eigenvalue weighted by atomic mass is 9.89. The quantitative estimate of drug-likeness (QED) is 0.667. The lowest BCUT2D eigenvalue weighted by molar-refractivity contribution is -0.385. The van der Waals surface area contributed by atoms with Gasteiger partial charge in [-0.3, -0.25) is 10.1 Å².